The maximum Gasteiger partial charge on any atom is 0.259 e. The number of nitrogens with zero attached hydrogens (tertiary/aromatic N) is 1. The molecule has 142 valence electrons. The Hall–Kier alpha value is -3.55. The number of phenolic OH excluding ortho intramolecular Hbond substituents is 1. The third kappa shape index (κ3) is 6.03. The number of amides is 2. The summed E-state index contributed by atoms with van der Waals surface area (Å²) in [5.74, 6) is 0.132. The van der Waals surface area contributed by atoms with Crippen LogP contribution in [0.15, 0.2) is 47.6 Å². The molecule has 2 rings (SSSR count). The number of methoxy groups -OCH3 is 1. The van der Waals surface area contributed by atoms with Crippen LogP contribution >= 0.6 is 0 Å². The zero-order chi connectivity index (χ0) is 19.6. The van der Waals surface area contributed by atoms with Gasteiger partial charge in [-0.05, 0) is 55.0 Å². The maximum atomic E-state index is 12.0. The van der Waals surface area contributed by atoms with E-state index in [0.717, 1.165) is 0 Å². The summed E-state index contributed by atoms with van der Waals surface area (Å²) in [6.45, 7) is 2.20. The lowest BCUT2D eigenvalue weighted by Gasteiger charge is -2.06. The normalized spacial score (nSPS) is 10.4. The van der Waals surface area contributed by atoms with E-state index in [2.05, 4.69) is 15.8 Å². The van der Waals surface area contributed by atoms with Gasteiger partial charge in [-0.3, -0.25) is 9.59 Å². The fraction of sp³-hybridized carbons (Fsp3) is 0.211. The average Bonchev–Trinajstić information content (AvgIpc) is 2.68. The lowest BCUT2D eigenvalue weighted by molar-refractivity contribution is -0.120. The number of aromatic hydroxyl groups is 1. The Balaban J connectivity index is 1.80. The molecule has 0 radical (unpaired) electrons. The molecule has 0 aliphatic rings. The van der Waals surface area contributed by atoms with Crippen molar-refractivity contribution in [1.29, 1.82) is 0 Å². The summed E-state index contributed by atoms with van der Waals surface area (Å²) in [6, 6.07) is 11.3. The van der Waals surface area contributed by atoms with E-state index in [1.54, 1.807) is 36.4 Å². The second-order valence-electron chi connectivity index (χ2n) is 5.36. The van der Waals surface area contributed by atoms with Gasteiger partial charge in [-0.25, -0.2) is 5.43 Å². The number of hydrogen-bond acceptors (Lipinski definition) is 6. The molecule has 0 heterocycles. The summed E-state index contributed by atoms with van der Waals surface area (Å²) in [5.41, 5.74) is 3.36. The summed E-state index contributed by atoms with van der Waals surface area (Å²) >= 11 is 0. The fourth-order valence-electron chi connectivity index (χ4n) is 2.12. The van der Waals surface area contributed by atoms with Crippen LogP contribution in [0.5, 0.6) is 17.2 Å². The van der Waals surface area contributed by atoms with Crippen molar-refractivity contribution in [2.45, 2.75) is 6.92 Å². The standard InChI is InChI=1S/C19H21N3O5/c1-3-27-15-7-5-14(6-8-15)19(25)20-12-18(24)22-21-11-13-4-9-16(23)17(10-13)26-2/h4-11,23H,3,12H2,1-2H3,(H,20,25)(H,22,24)/b21-11+. The SMILES string of the molecule is CCOc1ccc(C(=O)NCC(=O)N/N=C/c2ccc(O)c(OC)c2)cc1. The van der Waals surface area contributed by atoms with Gasteiger partial charge in [0.1, 0.15) is 5.75 Å². The Morgan fingerprint density at radius 1 is 1.19 bits per heavy atom. The van der Waals surface area contributed by atoms with Crippen LogP contribution in [0.3, 0.4) is 0 Å². The first-order valence-corrected chi connectivity index (χ1v) is 8.23. The van der Waals surface area contributed by atoms with Crippen LogP contribution in [0.25, 0.3) is 0 Å². The van der Waals surface area contributed by atoms with E-state index in [0.29, 0.717) is 29.2 Å². The number of ether oxygens (including phenoxy) is 2. The summed E-state index contributed by atoms with van der Waals surface area (Å²) < 4.78 is 10.3. The molecule has 0 aromatic heterocycles. The molecule has 8 heteroatoms. The largest absolute Gasteiger partial charge is 0.504 e. The minimum Gasteiger partial charge on any atom is -0.504 e. The third-order valence-electron chi connectivity index (χ3n) is 3.44. The highest BCUT2D eigenvalue weighted by atomic mass is 16.5. The summed E-state index contributed by atoms with van der Waals surface area (Å²) in [7, 11) is 1.44. The Bertz CT molecular complexity index is 819. The van der Waals surface area contributed by atoms with Gasteiger partial charge < -0.3 is 19.9 Å². The van der Waals surface area contributed by atoms with Crippen molar-refractivity contribution in [3.05, 3.63) is 53.6 Å². The lowest BCUT2D eigenvalue weighted by atomic mass is 10.2. The van der Waals surface area contributed by atoms with Crippen molar-refractivity contribution in [2.24, 2.45) is 5.10 Å². The molecule has 27 heavy (non-hydrogen) atoms. The average molecular weight is 371 g/mol. The van der Waals surface area contributed by atoms with Crippen molar-refractivity contribution in [3.8, 4) is 17.2 Å². The molecule has 0 aliphatic carbocycles. The Morgan fingerprint density at radius 2 is 1.93 bits per heavy atom. The molecule has 8 nitrogen and oxygen atoms in total. The first-order chi connectivity index (χ1) is 13.0. The van der Waals surface area contributed by atoms with Crippen LogP contribution in [0.4, 0.5) is 0 Å². The van der Waals surface area contributed by atoms with Crippen LogP contribution in [0.2, 0.25) is 0 Å². The van der Waals surface area contributed by atoms with Crippen LogP contribution < -0.4 is 20.2 Å². The van der Waals surface area contributed by atoms with Crippen molar-refractivity contribution in [3.63, 3.8) is 0 Å². The van der Waals surface area contributed by atoms with E-state index < -0.39 is 5.91 Å². The number of phenols is 1. The second kappa shape index (κ2) is 9.81. The molecule has 2 amide bonds. The maximum absolute atomic E-state index is 12.0. The third-order valence-corrected chi connectivity index (χ3v) is 3.44. The molecule has 0 spiro atoms. The van der Waals surface area contributed by atoms with E-state index in [9.17, 15) is 14.7 Å². The quantitative estimate of drug-likeness (QED) is 0.483. The van der Waals surface area contributed by atoms with Gasteiger partial charge in [-0.15, -0.1) is 0 Å². The fourth-order valence-corrected chi connectivity index (χ4v) is 2.12. The molecule has 3 N–H and O–H groups in total. The number of hydrazone groups is 1. The number of rotatable bonds is 8. The van der Waals surface area contributed by atoms with Crippen molar-refractivity contribution in [1.82, 2.24) is 10.7 Å². The van der Waals surface area contributed by atoms with E-state index in [1.165, 1.54) is 19.4 Å². The molecule has 0 fully saturated rings. The monoisotopic (exact) mass is 371 g/mol. The van der Waals surface area contributed by atoms with E-state index in [1.807, 2.05) is 6.92 Å². The number of benzene rings is 2. The zero-order valence-electron chi connectivity index (χ0n) is 15.1. The van der Waals surface area contributed by atoms with Gasteiger partial charge >= 0.3 is 0 Å². The topological polar surface area (TPSA) is 109 Å². The molecule has 0 aliphatic heterocycles. The molecule has 0 atom stereocenters. The highest BCUT2D eigenvalue weighted by Gasteiger charge is 2.08. The molecule has 0 saturated carbocycles. The molecule has 2 aromatic carbocycles. The van der Waals surface area contributed by atoms with Crippen LogP contribution in [-0.4, -0.2) is 43.4 Å². The van der Waals surface area contributed by atoms with Gasteiger partial charge in [0, 0.05) is 5.56 Å². The first kappa shape index (κ1) is 19.8. The smallest absolute Gasteiger partial charge is 0.259 e. The second-order valence-corrected chi connectivity index (χ2v) is 5.36. The summed E-state index contributed by atoms with van der Waals surface area (Å²) in [6.07, 6.45) is 1.40. The van der Waals surface area contributed by atoms with Gasteiger partial charge in [-0.2, -0.15) is 5.10 Å². The van der Waals surface area contributed by atoms with Crippen molar-refractivity contribution < 1.29 is 24.2 Å². The van der Waals surface area contributed by atoms with Crippen LogP contribution in [0, 0.1) is 0 Å². The van der Waals surface area contributed by atoms with Gasteiger partial charge in [0.05, 0.1) is 26.5 Å². The zero-order valence-corrected chi connectivity index (χ0v) is 15.1. The molecular weight excluding hydrogens is 350 g/mol. The van der Waals surface area contributed by atoms with E-state index in [4.69, 9.17) is 9.47 Å². The van der Waals surface area contributed by atoms with Gasteiger partial charge in [0.15, 0.2) is 11.5 Å². The van der Waals surface area contributed by atoms with Crippen LogP contribution in [-0.2, 0) is 4.79 Å². The first-order valence-electron chi connectivity index (χ1n) is 8.23. The van der Waals surface area contributed by atoms with Crippen molar-refractivity contribution >= 4 is 18.0 Å². The predicted molar refractivity (Wildman–Crippen MR) is 100 cm³/mol. The minimum atomic E-state index is -0.476. The van der Waals surface area contributed by atoms with Gasteiger partial charge in [0.25, 0.3) is 11.8 Å². The highest BCUT2D eigenvalue weighted by Crippen LogP contribution is 2.25. The highest BCUT2D eigenvalue weighted by molar-refractivity contribution is 5.96. The summed E-state index contributed by atoms with van der Waals surface area (Å²) in [5, 5.41) is 15.8. The Morgan fingerprint density at radius 3 is 2.59 bits per heavy atom. The number of nitrogens with one attached hydrogen (secondary N) is 2. The van der Waals surface area contributed by atoms with Gasteiger partial charge in [0.2, 0.25) is 0 Å². The number of carbonyl (C=O) groups excluding carboxylic acids is 2. The van der Waals surface area contributed by atoms with Crippen LogP contribution in [0.1, 0.15) is 22.8 Å². The molecule has 0 unspecified atom stereocenters. The van der Waals surface area contributed by atoms with Crippen molar-refractivity contribution in [2.75, 3.05) is 20.3 Å². The molecule has 2 aromatic rings. The minimum absolute atomic E-state index is 0.00990. The van der Waals surface area contributed by atoms with Gasteiger partial charge in [-0.1, -0.05) is 0 Å². The molecule has 0 saturated heterocycles. The van der Waals surface area contributed by atoms with E-state index in [-0.39, 0.29) is 18.2 Å². The Labute approximate surface area is 156 Å². The predicted octanol–water partition coefficient (Wildman–Crippen LogP) is 1.68. The van der Waals surface area contributed by atoms with E-state index >= 15 is 0 Å². The molecule has 0 bridgehead atoms. The number of hydrogen-bond donors (Lipinski definition) is 3. The number of carbonyl (C=O) groups is 2. The summed E-state index contributed by atoms with van der Waals surface area (Å²) in [4.78, 5) is 23.8. The molecular formula is C19H21N3O5. The lowest BCUT2D eigenvalue weighted by Crippen LogP contribution is -2.34. The Kier molecular flexibility index (Phi) is 7.18.